The van der Waals surface area contributed by atoms with Crippen LogP contribution < -0.4 is 5.73 Å². The summed E-state index contributed by atoms with van der Waals surface area (Å²) in [5.41, 5.74) is 9.08. The van der Waals surface area contributed by atoms with E-state index in [2.05, 4.69) is 16.1 Å². The van der Waals surface area contributed by atoms with Gasteiger partial charge in [0.2, 0.25) is 0 Å². The van der Waals surface area contributed by atoms with Gasteiger partial charge < -0.3 is 10.3 Å². The predicted molar refractivity (Wildman–Crippen MR) is 74.9 cm³/mol. The molecular weight excluding hydrogens is 238 g/mol. The van der Waals surface area contributed by atoms with Crippen LogP contribution in [0.1, 0.15) is 5.82 Å². The number of nitrogen functional groups attached to an aromatic ring is 1. The fraction of sp³-hybridized carbons (Fsp3) is 0.143. The van der Waals surface area contributed by atoms with Gasteiger partial charge in [0.25, 0.3) is 0 Å². The molecule has 5 heteroatoms. The van der Waals surface area contributed by atoms with E-state index in [-0.39, 0.29) is 0 Å². The van der Waals surface area contributed by atoms with E-state index < -0.39 is 0 Å². The number of anilines is 1. The zero-order chi connectivity index (χ0) is 13.4. The molecule has 0 radical (unpaired) electrons. The van der Waals surface area contributed by atoms with Gasteiger partial charge in [0.15, 0.2) is 0 Å². The van der Waals surface area contributed by atoms with Crippen LogP contribution >= 0.6 is 0 Å². The molecule has 0 saturated heterocycles. The first kappa shape index (κ1) is 11.5. The molecule has 19 heavy (non-hydrogen) atoms. The topological polar surface area (TPSA) is 61.7 Å². The maximum absolute atomic E-state index is 6.01. The second-order valence-corrected chi connectivity index (χ2v) is 4.46. The monoisotopic (exact) mass is 253 g/mol. The second kappa shape index (κ2) is 4.28. The van der Waals surface area contributed by atoms with Gasteiger partial charge in [-0.15, -0.1) is 0 Å². The van der Waals surface area contributed by atoms with Gasteiger partial charge in [-0.1, -0.05) is 12.1 Å². The molecule has 0 saturated carbocycles. The molecule has 0 spiro atoms. The molecule has 1 aromatic carbocycles. The highest BCUT2D eigenvalue weighted by Crippen LogP contribution is 2.26. The summed E-state index contributed by atoms with van der Waals surface area (Å²) < 4.78 is 3.71. The Morgan fingerprint density at radius 1 is 1.26 bits per heavy atom. The van der Waals surface area contributed by atoms with Gasteiger partial charge in [0, 0.05) is 30.7 Å². The molecule has 0 atom stereocenters. The molecule has 2 heterocycles. The van der Waals surface area contributed by atoms with Crippen LogP contribution in [-0.2, 0) is 7.05 Å². The molecular formula is C14H15N5. The Labute approximate surface area is 111 Å². The van der Waals surface area contributed by atoms with Crippen LogP contribution in [0.25, 0.3) is 16.8 Å². The highest BCUT2D eigenvalue weighted by Gasteiger charge is 2.08. The fourth-order valence-electron chi connectivity index (χ4n) is 2.14. The second-order valence-electron chi connectivity index (χ2n) is 4.46. The van der Waals surface area contributed by atoms with Crippen molar-refractivity contribution < 1.29 is 0 Å². The summed E-state index contributed by atoms with van der Waals surface area (Å²) in [5.74, 6) is 1.62. The van der Waals surface area contributed by atoms with Crippen molar-refractivity contribution in [3.05, 3.63) is 48.7 Å². The van der Waals surface area contributed by atoms with Crippen LogP contribution in [-0.4, -0.2) is 19.3 Å². The minimum atomic E-state index is 0.666. The first-order valence-electron chi connectivity index (χ1n) is 6.05. The Kier molecular flexibility index (Phi) is 2.59. The first-order valence-corrected chi connectivity index (χ1v) is 6.05. The molecule has 0 fully saturated rings. The van der Waals surface area contributed by atoms with E-state index in [4.69, 9.17) is 5.73 Å². The number of hydrogen-bond acceptors (Lipinski definition) is 3. The Bertz CT molecular complexity index is 723. The van der Waals surface area contributed by atoms with E-state index in [9.17, 15) is 0 Å². The molecule has 2 aromatic heterocycles. The van der Waals surface area contributed by atoms with Crippen LogP contribution in [0.15, 0.2) is 42.9 Å². The SMILES string of the molecule is Cc1nccn1-c1cccc(-c2cnn(C)c2N)c1. The molecule has 5 nitrogen and oxygen atoms in total. The van der Waals surface area contributed by atoms with Crippen molar-refractivity contribution in [3.63, 3.8) is 0 Å². The van der Waals surface area contributed by atoms with Gasteiger partial charge in [-0.3, -0.25) is 4.68 Å². The Morgan fingerprint density at radius 2 is 2.11 bits per heavy atom. The van der Waals surface area contributed by atoms with Crippen molar-refractivity contribution in [2.45, 2.75) is 6.92 Å². The molecule has 96 valence electrons. The normalized spacial score (nSPS) is 10.8. The zero-order valence-electron chi connectivity index (χ0n) is 10.9. The molecule has 0 amide bonds. The quantitative estimate of drug-likeness (QED) is 0.761. The third kappa shape index (κ3) is 1.89. The molecule has 0 aliphatic rings. The van der Waals surface area contributed by atoms with E-state index in [0.29, 0.717) is 5.82 Å². The van der Waals surface area contributed by atoms with Crippen LogP contribution in [0.5, 0.6) is 0 Å². The smallest absolute Gasteiger partial charge is 0.129 e. The van der Waals surface area contributed by atoms with Crippen LogP contribution in [0.2, 0.25) is 0 Å². The molecule has 0 aliphatic heterocycles. The molecule has 3 rings (SSSR count). The van der Waals surface area contributed by atoms with Crippen molar-refractivity contribution in [2.24, 2.45) is 7.05 Å². The summed E-state index contributed by atoms with van der Waals surface area (Å²) in [4.78, 5) is 4.24. The lowest BCUT2D eigenvalue weighted by atomic mass is 10.1. The minimum Gasteiger partial charge on any atom is -0.383 e. The van der Waals surface area contributed by atoms with Gasteiger partial charge in [0.1, 0.15) is 11.6 Å². The lowest BCUT2D eigenvalue weighted by Crippen LogP contribution is -1.99. The van der Waals surface area contributed by atoms with Crippen molar-refractivity contribution in [1.29, 1.82) is 0 Å². The third-order valence-corrected chi connectivity index (χ3v) is 3.25. The number of nitrogens with two attached hydrogens (primary N) is 1. The summed E-state index contributed by atoms with van der Waals surface area (Å²) in [6.45, 7) is 1.98. The first-order chi connectivity index (χ1) is 9.16. The number of benzene rings is 1. The average Bonchev–Trinajstić information content (AvgIpc) is 2.98. The van der Waals surface area contributed by atoms with Crippen molar-refractivity contribution in [1.82, 2.24) is 19.3 Å². The highest BCUT2D eigenvalue weighted by molar-refractivity contribution is 5.74. The summed E-state index contributed by atoms with van der Waals surface area (Å²) >= 11 is 0. The van der Waals surface area contributed by atoms with Gasteiger partial charge in [-0.2, -0.15) is 5.10 Å². The van der Waals surface area contributed by atoms with Crippen molar-refractivity contribution in [2.75, 3.05) is 5.73 Å². The third-order valence-electron chi connectivity index (χ3n) is 3.25. The van der Waals surface area contributed by atoms with E-state index in [1.165, 1.54) is 0 Å². The Balaban J connectivity index is 2.11. The number of aryl methyl sites for hydroxylation is 2. The number of aromatic nitrogens is 4. The van der Waals surface area contributed by atoms with Crippen molar-refractivity contribution >= 4 is 5.82 Å². The number of rotatable bonds is 2. The van der Waals surface area contributed by atoms with Gasteiger partial charge in [-0.05, 0) is 24.6 Å². The van der Waals surface area contributed by atoms with E-state index in [0.717, 1.165) is 22.6 Å². The lowest BCUT2D eigenvalue weighted by Gasteiger charge is -2.07. The van der Waals surface area contributed by atoms with Gasteiger partial charge >= 0.3 is 0 Å². The van der Waals surface area contributed by atoms with Crippen LogP contribution in [0.4, 0.5) is 5.82 Å². The average molecular weight is 253 g/mol. The van der Waals surface area contributed by atoms with E-state index in [1.807, 2.05) is 42.9 Å². The van der Waals surface area contributed by atoms with Crippen LogP contribution in [0.3, 0.4) is 0 Å². The maximum Gasteiger partial charge on any atom is 0.129 e. The highest BCUT2D eigenvalue weighted by atomic mass is 15.3. The van der Waals surface area contributed by atoms with Gasteiger partial charge in [-0.25, -0.2) is 4.98 Å². The Hall–Kier alpha value is -2.56. The molecule has 0 bridgehead atoms. The molecule has 0 unspecified atom stereocenters. The summed E-state index contributed by atoms with van der Waals surface area (Å²) in [6, 6.07) is 8.17. The van der Waals surface area contributed by atoms with Gasteiger partial charge in [0.05, 0.1) is 6.20 Å². The number of hydrogen-bond donors (Lipinski definition) is 1. The molecule has 3 aromatic rings. The lowest BCUT2D eigenvalue weighted by molar-refractivity contribution is 0.779. The zero-order valence-corrected chi connectivity index (χ0v) is 10.9. The summed E-state index contributed by atoms with van der Waals surface area (Å²) in [5, 5.41) is 4.18. The molecule has 2 N–H and O–H groups in total. The van der Waals surface area contributed by atoms with Crippen molar-refractivity contribution in [3.8, 4) is 16.8 Å². The Morgan fingerprint density at radius 3 is 2.74 bits per heavy atom. The number of nitrogens with zero attached hydrogens (tertiary/aromatic N) is 4. The summed E-state index contributed by atoms with van der Waals surface area (Å²) in [6.07, 6.45) is 5.52. The van der Waals surface area contributed by atoms with E-state index in [1.54, 1.807) is 17.1 Å². The molecule has 0 aliphatic carbocycles. The summed E-state index contributed by atoms with van der Waals surface area (Å²) in [7, 11) is 1.84. The number of imidazole rings is 1. The van der Waals surface area contributed by atoms with Crippen LogP contribution in [0, 0.1) is 6.92 Å². The van der Waals surface area contributed by atoms with E-state index >= 15 is 0 Å². The standard InChI is InChI=1S/C14H15N5/c1-10-16-6-7-19(10)12-5-3-4-11(8-12)13-9-17-18(2)14(13)15/h3-9H,15H2,1-2H3. The predicted octanol–water partition coefficient (Wildman–Crippen LogP) is 2.16. The maximum atomic E-state index is 6.01. The fourth-order valence-corrected chi connectivity index (χ4v) is 2.14. The minimum absolute atomic E-state index is 0.666. The largest absolute Gasteiger partial charge is 0.383 e.